The van der Waals surface area contributed by atoms with Crippen molar-refractivity contribution in [3.05, 3.63) is 125 Å². The smallest absolute Gasteiger partial charge is 0.411 e. The number of alkyl halides is 2. The van der Waals surface area contributed by atoms with Crippen LogP contribution in [0.5, 0.6) is 0 Å². The Bertz CT molecular complexity index is 1780. The van der Waals surface area contributed by atoms with Gasteiger partial charge in [-0.1, -0.05) is 41.9 Å². The van der Waals surface area contributed by atoms with Crippen LogP contribution in [0.1, 0.15) is 35.0 Å². The molecule has 11 heteroatoms. The lowest BCUT2D eigenvalue weighted by Gasteiger charge is -2.20. The molecular formula is C31H23ClF3N4O3+. The minimum atomic E-state index is -2.69. The zero-order chi connectivity index (χ0) is 29.4. The second-order valence-electron chi connectivity index (χ2n) is 9.67. The van der Waals surface area contributed by atoms with Crippen LogP contribution in [0.15, 0.2) is 91.3 Å². The summed E-state index contributed by atoms with van der Waals surface area (Å²) in [6.45, 7) is 0. The van der Waals surface area contributed by atoms with Gasteiger partial charge < -0.3 is 4.74 Å². The lowest BCUT2D eigenvalue weighted by atomic mass is 9.93. The Hall–Kier alpha value is -4.83. The largest absolute Gasteiger partial charge is 0.453 e. The number of anilines is 1. The number of carbonyl (C=O) groups excluding carboxylic acids is 1. The van der Waals surface area contributed by atoms with E-state index in [-0.39, 0.29) is 17.3 Å². The highest BCUT2D eigenvalue weighted by Crippen LogP contribution is 2.35. The summed E-state index contributed by atoms with van der Waals surface area (Å²) in [6.07, 6.45) is 0.566. The van der Waals surface area contributed by atoms with E-state index < -0.39 is 12.5 Å². The molecule has 1 aliphatic rings. The van der Waals surface area contributed by atoms with Gasteiger partial charge in [0.05, 0.1) is 7.11 Å². The van der Waals surface area contributed by atoms with Crippen molar-refractivity contribution < 1.29 is 32.4 Å². The zero-order valence-electron chi connectivity index (χ0n) is 22.1. The third kappa shape index (κ3) is 5.40. The molecule has 1 N–H and O–H groups in total. The van der Waals surface area contributed by atoms with Gasteiger partial charge >= 0.3 is 6.09 Å². The Labute approximate surface area is 243 Å². The normalized spacial score (nSPS) is 13.7. The molecule has 0 fully saturated rings. The molecule has 212 valence electrons. The van der Waals surface area contributed by atoms with E-state index in [1.54, 1.807) is 54.9 Å². The van der Waals surface area contributed by atoms with E-state index in [4.69, 9.17) is 21.5 Å². The number of fused-ring (bicyclic) bond motifs is 2. The van der Waals surface area contributed by atoms with Gasteiger partial charge in [-0.3, -0.25) is 5.32 Å². The van der Waals surface area contributed by atoms with Gasteiger partial charge in [0.2, 0.25) is 0 Å². The third-order valence-corrected chi connectivity index (χ3v) is 7.25. The Balaban J connectivity index is 1.41. The van der Waals surface area contributed by atoms with Gasteiger partial charge in [-0.05, 0) is 75.5 Å². The van der Waals surface area contributed by atoms with Crippen molar-refractivity contribution in [2.45, 2.75) is 18.8 Å². The maximum absolute atomic E-state index is 13.8. The Morgan fingerprint density at radius 3 is 2.52 bits per heavy atom. The van der Waals surface area contributed by atoms with Crippen molar-refractivity contribution in [1.29, 1.82) is 0 Å². The van der Waals surface area contributed by atoms with Gasteiger partial charge in [0, 0.05) is 27.4 Å². The number of halogens is 4. The number of aromatic nitrogens is 3. The Morgan fingerprint density at radius 1 is 1.07 bits per heavy atom. The summed E-state index contributed by atoms with van der Waals surface area (Å²) in [5, 5.41) is 2.94. The summed E-state index contributed by atoms with van der Waals surface area (Å²) in [5.41, 5.74) is 4.19. The number of benzene rings is 3. The SMILES string of the molecule is COC(=O)Nc1ccc(-c2cn3c(n2)C(Cc2ccc(F)cc2)c2ccc(-c4cc(Cl)ccc4C(F)F)c[n+]2O3)cc1. The first-order chi connectivity index (χ1) is 20.3. The lowest BCUT2D eigenvalue weighted by Crippen LogP contribution is -2.53. The van der Waals surface area contributed by atoms with Gasteiger partial charge in [-0.25, -0.2) is 22.9 Å². The van der Waals surface area contributed by atoms with E-state index in [0.29, 0.717) is 39.8 Å². The molecule has 2 aromatic heterocycles. The molecule has 6 rings (SSSR count). The number of nitrogens with zero attached hydrogens (tertiary/aromatic N) is 3. The fourth-order valence-electron chi connectivity index (χ4n) is 4.95. The summed E-state index contributed by atoms with van der Waals surface area (Å²) >= 11 is 6.16. The first kappa shape index (κ1) is 27.3. The number of hydrogen-bond acceptors (Lipinski definition) is 4. The molecule has 1 aliphatic heterocycles. The van der Waals surface area contributed by atoms with E-state index >= 15 is 0 Å². The van der Waals surface area contributed by atoms with Crippen LogP contribution in [-0.4, -0.2) is 22.9 Å². The standard InChI is InChI=1S/C31H22ClF3N4O3/c1-41-31(40)36-23-10-4-19(5-11-23)27-17-39-30(37-27)26(14-18-2-8-22(33)9-3-18)28-13-6-20(16-38(28)42-39)25-15-21(32)7-12-24(25)29(34)35/h2-13,15-17,26,29H,14H2,1H3/p+1. The van der Waals surface area contributed by atoms with Gasteiger partial charge in [-0.15, -0.1) is 4.94 Å². The highest BCUT2D eigenvalue weighted by atomic mass is 35.5. The lowest BCUT2D eigenvalue weighted by molar-refractivity contribution is -0.913. The molecule has 0 spiro atoms. The Kier molecular flexibility index (Phi) is 7.30. The van der Waals surface area contributed by atoms with Gasteiger partial charge in [0.1, 0.15) is 23.6 Å². The Morgan fingerprint density at radius 2 is 1.81 bits per heavy atom. The first-order valence-corrected chi connectivity index (χ1v) is 13.3. The van der Waals surface area contributed by atoms with E-state index in [1.165, 1.54) is 46.9 Å². The molecule has 0 saturated heterocycles. The number of rotatable bonds is 6. The molecule has 7 nitrogen and oxygen atoms in total. The van der Waals surface area contributed by atoms with Gasteiger partial charge in [0.15, 0.2) is 11.9 Å². The molecule has 0 saturated carbocycles. The number of nitrogens with one attached hydrogen (secondary N) is 1. The number of imidazole rings is 1. The summed E-state index contributed by atoms with van der Waals surface area (Å²) in [6, 6.07) is 21.1. The minimum absolute atomic E-state index is 0.144. The summed E-state index contributed by atoms with van der Waals surface area (Å²) in [7, 11) is 1.29. The summed E-state index contributed by atoms with van der Waals surface area (Å²) in [4.78, 5) is 22.6. The predicted octanol–water partition coefficient (Wildman–Crippen LogP) is 6.99. The molecule has 3 heterocycles. The number of ether oxygens (including phenoxy) is 1. The van der Waals surface area contributed by atoms with E-state index in [0.717, 1.165) is 16.8 Å². The molecule has 0 bridgehead atoms. The summed E-state index contributed by atoms with van der Waals surface area (Å²) in [5.74, 6) is -0.0495. The van der Waals surface area contributed by atoms with Crippen molar-refractivity contribution in [3.63, 3.8) is 0 Å². The second-order valence-corrected chi connectivity index (χ2v) is 10.1. The quantitative estimate of drug-likeness (QED) is 0.216. The molecule has 3 aromatic carbocycles. The molecule has 1 atom stereocenters. The average molecular weight is 592 g/mol. The molecule has 5 aromatic rings. The van der Waals surface area contributed by atoms with E-state index in [1.807, 2.05) is 6.07 Å². The highest BCUT2D eigenvalue weighted by Gasteiger charge is 2.37. The fourth-order valence-corrected chi connectivity index (χ4v) is 5.12. The van der Waals surface area contributed by atoms with Crippen molar-refractivity contribution in [3.8, 4) is 22.4 Å². The maximum atomic E-state index is 13.8. The number of hydrogen-bond donors (Lipinski definition) is 1. The van der Waals surface area contributed by atoms with Crippen LogP contribution in [0, 0.1) is 5.82 Å². The van der Waals surface area contributed by atoms with Crippen molar-refractivity contribution in [1.82, 2.24) is 9.71 Å². The van der Waals surface area contributed by atoms with E-state index in [2.05, 4.69) is 10.1 Å². The van der Waals surface area contributed by atoms with Crippen molar-refractivity contribution >= 4 is 23.4 Å². The number of amides is 1. The van der Waals surface area contributed by atoms with Crippen LogP contribution in [0.25, 0.3) is 22.4 Å². The second kappa shape index (κ2) is 11.2. The van der Waals surface area contributed by atoms with Gasteiger partial charge in [0.25, 0.3) is 12.2 Å². The van der Waals surface area contributed by atoms with Crippen molar-refractivity contribution in [2.24, 2.45) is 0 Å². The monoisotopic (exact) mass is 591 g/mol. The fraction of sp³-hybridized carbons (Fsp3) is 0.129. The van der Waals surface area contributed by atoms with Crippen molar-refractivity contribution in [2.75, 3.05) is 12.4 Å². The number of pyridine rings is 1. The van der Waals surface area contributed by atoms with Crippen LogP contribution in [0.4, 0.5) is 23.7 Å². The molecular weight excluding hydrogens is 569 g/mol. The van der Waals surface area contributed by atoms with Crippen LogP contribution in [-0.2, 0) is 11.2 Å². The molecule has 1 unspecified atom stereocenters. The number of methoxy groups -OCH3 is 1. The summed E-state index contributed by atoms with van der Waals surface area (Å²) < 4.78 is 49.0. The average Bonchev–Trinajstić information content (AvgIpc) is 3.42. The van der Waals surface area contributed by atoms with E-state index in [9.17, 15) is 18.0 Å². The van der Waals surface area contributed by atoms with Crippen LogP contribution < -0.4 is 15.0 Å². The van der Waals surface area contributed by atoms with Crippen LogP contribution in [0.3, 0.4) is 0 Å². The molecule has 42 heavy (non-hydrogen) atoms. The molecule has 0 aliphatic carbocycles. The minimum Gasteiger partial charge on any atom is -0.453 e. The number of carbonyl (C=O) groups is 1. The first-order valence-electron chi connectivity index (χ1n) is 12.9. The van der Waals surface area contributed by atoms with Crippen LogP contribution >= 0.6 is 11.6 Å². The molecule has 1 amide bonds. The van der Waals surface area contributed by atoms with Gasteiger partial charge in [-0.2, -0.15) is 0 Å². The highest BCUT2D eigenvalue weighted by molar-refractivity contribution is 6.30. The third-order valence-electron chi connectivity index (χ3n) is 7.02. The zero-order valence-corrected chi connectivity index (χ0v) is 22.9. The molecule has 0 radical (unpaired) electrons. The predicted molar refractivity (Wildman–Crippen MR) is 150 cm³/mol. The van der Waals surface area contributed by atoms with Crippen LogP contribution in [0.2, 0.25) is 5.02 Å². The topological polar surface area (TPSA) is 69.3 Å². The maximum Gasteiger partial charge on any atom is 0.411 e.